The molecule has 1 aromatic carbocycles. The fourth-order valence-electron chi connectivity index (χ4n) is 1.80. The van der Waals surface area contributed by atoms with Gasteiger partial charge in [0.15, 0.2) is 0 Å². The molecule has 1 unspecified atom stereocenters. The van der Waals surface area contributed by atoms with Crippen LogP contribution in [0, 0.1) is 0 Å². The van der Waals surface area contributed by atoms with Gasteiger partial charge in [0.2, 0.25) is 0 Å². The molecule has 6 nitrogen and oxygen atoms in total. The minimum Gasteiger partial charge on any atom is -0.394 e. The first-order chi connectivity index (χ1) is 9.15. The van der Waals surface area contributed by atoms with Crippen molar-refractivity contribution in [3.63, 3.8) is 0 Å². The fourth-order valence-corrected chi connectivity index (χ4v) is 1.92. The van der Waals surface area contributed by atoms with Crippen molar-refractivity contribution in [2.45, 2.75) is 19.2 Å². The van der Waals surface area contributed by atoms with Crippen LogP contribution in [0.1, 0.15) is 5.69 Å². The summed E-state index contributed by atoms with van der Waals surface area (Å²) in [5.41, 5.74) is 7.86. The number of aliphatic hydroxyl groups excluding tert-OH is 2. The summed E-state index contributed by atoms with van der Waals surface area (Å²) in [6, 6.07) is 7.19. The summed E-state index contributed by atoms with van der Waals surface area (Å²) in [7, 11) is 0. The number of hydrogen-bond acceptors (Lipinski definition) is 5. The Balaban J connectivity index is 2.41. The second-order valence-electron chi connectivity index (χ2n) is 4.11. The lowest BCUT2D eigenvalue weighted by Crippen LogP contribution is -2.21. The van der Waals surface area contributed by atoms with Crippen molar-refractivity contribution in [2.75, 3.05) is 6.61 Å². The van der Waals surface area contributed by atoms with E-state index in [0.717, 1.165) is 11.3 Å². The van der Waals surface area contributed by atoms with Crippen molar-refractivity contribution in [3.05, 3.63) is 35.0 Å². The molecule has 0 aliphatic carbocycles. The van der Waals surface area contributed by atoms with Gasteiger partial charge < -0.3 is 15.9 Å². The number of nitrogens with two attached hydrogens (primary N) is 1. The molecule has 1 aromatic heterocycles. The van der Waals surface area contributed by atoms with Crippen LogP contribution in [0.15, 0.2) is 24.3 Å². The molecular formula is C12H15ClN4O2. The molecule has 7 heteroatoms. The molecular weight excluding hydrogens is 268 g/mol. The zero-order valence-corrected chi connectivity index (χ0v) is 11.0. The highest BCUT2D eigenvalue weighted by molar-refractivity contribution is 6.30. The van der Waals surface area contributed by atoms with E-state index in [4.69, 9.17) is 22.4 Å². The normalized spacial score (nSPS) is 12.6. The molecule has 2 rings (SSSR count). The molecule has 102 valence electrons. The molecule has 19 heavy (non-hydrogen) atoms. The Morgan fingerprint density at radius 3 is 2.58 bits per heavy atom. The van der Waals surface area contributed by atoms with E-state index in [-0.39, 0.29) is 19.7 Å². The smallest absolute Gasteiger partial charge is 0.104 e. The Morgan fingerprint density at radius 1 is 1.32 bits per heavy atom. The van der Waals surface area contributed by atoms with Crippen molar-refractivity contribution in [3.8, 4) is 11.3 Å². The molecule has 4 N–H and O–H groups in total. The summed E-state index contributed by atoms with van der Waals surface area (Å²) in [5, 5.41) is 27.0. The number of benzene rings is 1. The van der Waals surface area contributed by atoms with E-state index in [1.165, 1.54) is 4.68 Å². The standard InChI is InChI=1S/C12H15ClN4O2/c13-9-3-1-8(2-4-9)12-11(5-14)15-16-17(12)6-10(19)7-18/h1-4,10,18-19H,5-7,14H2. The predicted octanol–water partition coefficient (Wildman–Crippen LogP) is 0.410. The molecule has 0 saturated carbocycles. The SMILES string of the molecule is NCc1nnn(CC(O)CO)c1-c1ccc(Cl)cc1. The van der Waals surface area contributed by atoms with Crippen LogP contribution in [0.5, 0.6) is 0 Å². The summed E-state index contributed by atoms with van der Waals surface area (Å²) in [5.74, 6) is 0. The van der Waals surface area contributed by atoms with Gasteiger partial charge in [-0.3, -0.25) is 0 Å². The van der Waals surface area contributed by atoms with Gasteiger partial charge in [-0.25, -0.2) is 4.68 Å². The highest BCUT2D eigenvalue weighted by Gasteiger charge is 2.16. The Kier molecular flexibility index (Phi) is 4.49. The van der Waals surface area contributed by atoms with Crippen LogP contribution in [0.2, 0.25) is 5.02 Å². The van der Waals surface area contributed by atoms with Crippen LogP contribution in [0.25, 0.3) is 11.3 Å². The van der Waals surface area contributed by atoms with Crippen LogP contribution in [-0.2, 0) is 13.1 Å². The maximum absolute atomic E-state index is 9.52. The van der Waals surface area contributed by atoms with Crippen molar-refractivity contribution in [1.29, 1.82) is 0 Å². The van der Waals surface area contributed by atoms with Gasteiger partial charge >= 0.3 is 0 Å². The largest absolute Gasteiger partial charge is 0.394 e. The third-order valence-corrected chi connectivity index (χ3v) is 2.96. The fraction of sp³-hybridized carbons (Fsp3) is 0.333. The van der Waals surface area contributed by atoms with Crippen molar-refractivity contribution in [1.82, 2.24) is 15.0 Å². The lowest BCUT2D eigenvalue weighted by Gasteiger charge is -2.11. The summed E-state index contributed by atoms with van der Waals surface area (Å²) in [6.45, 7) is 0.0620. The minimum atomic E-state index is -0.890. The van der Waals surface area contributed by atoms with E-state index in [1.54, 1.807) is 12.1 Å². The molecule has 0 spiro atoms. The van der Waals surface area contributed by atoms with Gasteiger partial charge in [0.05, 0.1) is 24.9 Å². The van der Waals surface area contributed by atoms with Gasteiger partial charge in [0.1, 0.15) is 5.69 Å². The molecule has 1 heterocycles. The minimum absolute atomic E-state index is 0.154. The Labute approximate surface area is 115 Å². The summed E-state index contributed by atoms with van der Waals surface area (Å²) >= 11 is 5.86. The third-order valence-electron chi connectivity index (χ3n) is 2.71. The lowest BCUT2D eigenvalue weighted by molar-refractivity contribution is 0.0782. The van der Waals surface area contributed by atoms with E-state index >= 15 is 0 Å². The molecule has 0 fully saturated rings. The molecule has 1 atom stereocenters. The quantitative estimate of drug-likeness (QED) is 0.738. The number of nitrogens with zero attached hydrogens (tertiary/aromatic N) is 3. The van der Waals surface area contributed by atoms with Gasteiger partial charge in [-0.2, -0.15) is 0 Å². The highest BCUT2D eigenvalue weighted by Crippen LogP contribution is 2.24. The molecule has 0 aliphatic rings. The average Bonchev–Trinajstić information content (AvgIpc) is 2.82. The number of rotatable bonds is 5. The monoisotopic (exact) mass is 282 g/mol. The molecule has 0 radical (unpaired) electrons. The number of hydrogen-bond donors (Lipinski definition) is 3. The predicted molar refractivity (Wildman–Crippen MR) is 71.5 cm³/mol. The zero-order valence-electron chi connectivity index (χ0n) is 10.2. The molecule has 0 saturated heterocycles. The third kappa shape index (κ3) is 3.10. The van der Waals surface area contributed by atoms with Gasteiger partial charge in [-0.1, -0.05) is 28.9 Å². The van der Waals surface area contributed by atoms with Crippen LogP contribution in [0.4, 0.5) is 0 Å². The first kappa shape index (κ1) is 14.0. The molecule has 0 bridgehead atoms. The van der Waals surface area contributed by atoms with E-state index in [1.807, 2.05) is 12.1 Å². The number of aliphatic hydroxyl groups is 2. The maximum Gasteiger partial charge on any atom is 0.104 e. The van der Waals surface area contributed by atoms with E-state index < -0.39 is 6.10 Å². The van der Waals surface area contributed by atoms with Crippen molar-refractivity contribution < 1.29 is 10.2 Å². The summed E-state index contributed by atoms with van der Waals surface area (Å²) in [6.07, 6.45) is -0.890. The Morgan fingerprint density at radius 2 is 2.00 bits per heavy atom. The first-order valence-corrected chi connectivity index (χ1v) is 6.20. The zero-order chi connectivity index (χ0) is 13.8. The molecule has 2 aromatic rings. The number of aromatic nitrogens is 3. The highest BCUT2D eigenvalue weighted by atomic mass is 35.5. The van der Waals surface area contributed by atoms with Gasteiger partial charge in [-0.05, 0) is 12.1 Å². The lowest BCUT2D eigenvalue weighted by atomic mass is 10.1. The average molecular weight is 283 g/mol. The van der Waals surface area contributed by atoms with Crippen LogP contribution < -0.4 is 5.73 Å². The molecule has 0 amide bonds. The van der Waals surface area contributed by atoms with E-state index in [9.17, 15) is 5.11 Å². The van der Waals surface area contributed by atoms with Crippen LogP contribution >= 0.6 is 11.6 Å². The van der Waals surface area contributed by atoms with Gasteiger partial charge in [-0.15, -0.1) is 5.10 Å². The van der Waals surface area contributed by atoms with Gasteiger partial charge in [0.25, 0.3) is 0 Å². The first-order valence-electron chi connectivity index (χ1n) is 5.83. The topological polar surface area (TPSA) is 97.2 Å². The summed E-state index contributed by atoms with van der Waals surface area (Å²) < 4.78 is 1.53. The second-order valence-corrected chi connectivity index (χ2v) is 4.55. The Bertz CT molecular complexity index is 541. The van der Waals surface area contributed by atoms with Crippen molar-refractivity contribution >= 4 is 11.6 Å². The van der Waals surface area contributed by atoms with Gasteiger partial charge in [0, 0.05) is 17.1 Å². The Hall–Kier alpha value is -1.47. The molecule has 0 aliphatic heterocycles. The maximum atomic E-state index is 9.52. The van der Waals surface area contributed by atoms with E-state index in [0.29, 0.717) is 10.7 Å². The van der Waals surface area contributed by atoms with Crippen LogP contribution in [-0.4, -0.2) is 37.9 Å². The summed E-state index contributed by atoms with van der Waals surface area (Å²) in [4.78, 5) is 0. The van der Waals surface area contributed by atoms with Crippen molar-refractivity contribution in [2.24, 2.45) is 5.73 Å². The number of halogens is 1. The van der Waals surface area contributed by atoms with Crippen LogP contribution in [0.3, 0.4) is 0 Å². The van der Waals surface area contributed by atoms with E-state index in [2.05, 4.69) is 10.3 Å². The second kappa shape index (κ2) is 6.12.